The topological polar surface area (TPSA) is 145 Å². The van der Waals surface area contributed by atoms with E-state index in [4.69, 9.17) is 16.2 Å². The zero-order chi connectivity index (χ0) is 23.0. The van der Waals surface area contributed by atoms with Gasteiger partial charge in [-0.3, -0.25) is 9.20 Å². The van der Waals surface area contributed by atoms with Crippen LogP contribution in [-0.2, 0) is 0 Å². The number of halogens is 1. The fourth-order valence-electron chi connectivity index (χ4n) is 3.31. The number of pyridine rings is 1. The first-order valence-corrected chi connectivity index (χ1v) is 9.86. The molecule has 1 aromatic carbocycles. The standard InChI is InChI=1S/C21H23FN8O2/c1-10(23)7-25-16-5-4-13(17-14(16)8-26-21(29-17)32-3)20(31)28-12-6-15(22)19-27-11(2)18(24)30(19)9-12/h4-6,8-10,25H,7,23-24H2,1-3H3,(H,28,31)/t10-/m0/s1. The number of carbonyl (C=O) groups is 1. The van der Waals surface area contributed by atoms with Crippen LogP contribution in [0, 0.1) is 12.7 Å². The molecule has 0 spiro atoms. The number of aryl methyl sites for hydroxylation is 1. The van der Waals surface area contributed by atoms with E-state index in [0.29, 0.717) is 29.0 Å². The van der Waals surface area contributed by atoms with Crippen LogP contribution >= 0.6 is 0 Å². The third kappa shape index (κ3) is 3.85. The van der Waals surface area contributed by atoms with E-state index in [9.17, 15) is 9.18 Å². The smallest absolute Gasteiger partial charge is 0.316 e. The van der Waals surface area contributed by atoms with Crippen LogP contribution in [0.25, 0.3) is 16.6 Å². The van der Waals surface area contributed by atoms with E-state index in [1.54, 1.807) is 25.3 Å². The molecule has 4 aromatic rings. The van der Waals surface area contributed by atoms with Gasteiger partial charge in [0, 0.05) is 42.1 Å². The van der Waals surface area contributed by atoms with Crippen LogP contribution in [0.4, 0.5) is 21.6 Å². The van der Waals surface area contributed by atoms with E-state index in [1.165, 1.54) is 23.8 Å². The summed E-state index contributed by atoms with van der Waals surface area (Å²) in [5, 5.41) is 6.55. The maximum atomic E-state index is 14.5. The van der Waals surface area contributed by atoms with Crippen molar-refractivity contribution in [2.75, 3.05) is 30.0 Å². The molecule has 1 amide bonds. The fourth-order valence-corrected chi connectivity index (χ4v) is 3.31. The van der Waals surface area contributed by atoms with Gasteiger partial charge in [-0.25, -0.2) is 14.4 Å². The lowest BCUT2D eigenvalue weighted by Gasteiger charge is -2.14. The Bertz CT molecular complexity index is 1330. The lowest BCUT2D eigenvalue weighted by molar-refractivity contribution is 0.102. The minimum Gasteiger partial charge on any atom is -0.467 e. The molecule has 0 fully saturated rings. The first kappa shape index (κ1) is 21.2. The minimum atomic E-state index is -0.605. The van der Waals surface area contributed by atoms with Gasteiger partial charge < -0.3 is 26.8 Å². The lowest BCUT2D eigenvalue weighted by atomic mass is 10.1. The van der Waals surface area contributed by atoms with Crippen LogP contribution in [0.2, 0.25) is 0 Å². The molecule has 0 saturated carbocycles. The molecule has 0 unspecified atom stereocenters. The molecule has 6 N–H and O–H groups in total. The number of methoxy groups -OCH3 is 1. The average molecular weight is 438 g/mol. The molecule has 32 heavy (non-hydrogen) atoms. The van der Waals surface area contributed by atoms with Gasteiger partial charge in [-0.2, -0.15) is 4.98 Å². The summed E-state index contributed by atoms with van der Waals surface area (Å²) in [5.74, 6) is -0.793. The predicted molar refractivity (Wildman–Crippen MR) is 120 cm³/mol. The summed E-state index contributed by atoms with van der Waals surface area (Å²) in [6, 6.07) is 4.60. The van der Waals surface area contributed by atoms with Crippen molar-refractivity contribution in [3.05, 3.63) is 47.7 Å². The fraction of sp³-hybridized carbons (Fsp3) is 0.238. The van der Waals surface area contributed by atoms with E-state index in [0.717, 1.165) is 5.69 Å². The molecule has 0 saturated heterocycles. The van der Waals surface area contributed by atoms with Crippen molar-refractivity contribution in [2.24, 2.45) is 5.73 Å². The summed E-state index contributed by atoms with van der Waals surface area (Å²) < 4.78 is 21.0. The maximum Gasteiger partial charge on any atom is 0.316 e. The van der Waals surface area contributed by atoms with Gasteiger partial charge in [0.2, 0.25) is 0 Å². The van der Waals surface area contributed by atoms with Gasteiger partial charge in [-0.15, -0.1) is 0 Å². The number of anilines is 3. The van der Waals surface area contributed by atoms with Crippen molar-refractivity contribution < 1.29 is 13.9 Å². The molecule has 11 heteroatoms. The number of aromatic nitrogens is 4. The van der Waals surface area contributed by atoms with Crippen LogP contribution in [0.5, 0.6) is 6.01 Å². The predicted octanol–water partition coefficient (Wildman–Crippen LogP) is 2.33. The molecule has 3 heterocycles. The van der Waals surface area contributed by atoms with E-state index in [1.807, 2.05) is 6.92 Å². The van der Waals surface area contributed by atoms with Crippen molar-refractivity contribution in [1.29, 1.82) is 0 Å². The van der Waals surface area contributed by atoms with Crippen LogP contribution in [0.3, 0.4) is 0 Å². The highest BCUT2D eigenvalue weighted by Crippen LogP contribution is 2.28. The lowest BCUT2D eigenvalue weighted by Crippen LogP contribution is -2.25. The molecule has 0 aliphatic heterocycles. The van der Waals surface area contributed by atoms with E-state index in [-0.39, 0.29) is 29.0 Å². The van der Waals surface area contributed by atoms with Crippen molar-refractivity contribution in [3.63, 3.8) is 0 Å². The molecule has 3 aromatic heterocycles. The van der Waals surface area contributed by atoms with Gasteiger partial charge in [0.15, 0.2) is 11.5 Å². The number of imidazole rings is 1. The number of hydrogen-bond acceptors (Lipinski definition) is 8. The maximum absolute atomic E-state index is 14.5. The monoisotopic (exact) mass is 438 g/mol. The molecule has 4 rings (SSSR count). The Balaban J connectivity index is 1.74. The summed E-state index contributed by atoms with van der Waals surface area (Å²) in [6.45, 7) is 4.08. The normalized spacial score (nSPS) is 12.2. The highest BCUT2D eigenvalue weighted by molar-refractivity contribution is 6.13. The quantitative estimate of drug-likeness (QED) is 0.359. The molecule has 166 valence electrons. The third-order valence-electron chi connectivity index (χ3n) is 4.92. The number of nitrogens with one attached hydrogen (secondary N) is 2. The van der Waals surface area contributed by atoms with E-state index >= 15 is 0 Å². The molecule has 0 bridgehead atoms. The van der Waals surface area contributed by atoms with Crippen LogP contribution in [0.15, 0.2) is 30.6 Å². The van der Waals surface area contributed by atoms with Gasteiger partial charge in [-0.1, -0.05) is 0 Å². The highest BCUT2D eigenvalue weighted by Gasteiger charge is 2.18. The Kier molecular flexibility index (Phi) is 5.49. The molecule has 0 aliphatic rings. The van der Waals surface area contributed by atoms with Crippen molar-refractivity contribution in [2.45, 2.75) is 19.9 Å². The Hall–Kier alpha value is -3.99. The number of nitrogens with zero attached hydrogens (tertiary/aromatic N) is 4. The number of hydrogen-bond donors (Lipinski definition) is 4. The SMILES string of the molecule is COc1ncc2c(NC[C@H](C)N)ccc(C(=O)Nc3cc(F)c4nc(C)c(N)n4c3)c2n1. The Morgan fingerprint density at radius 2 is 2.12 bits per heavy atom. The van der Waals surface area contributed by atoms with E-state index in [2.05, 4.69) is 25.6 Å². The molecular weight excluding hydrogens is 415 g/mol. The Morgan fingerprint density at radius 3 is 2.84 bits per heavy atom. The summed E-state index contributed by atoms with van der Waals surface area (Å²) >= 11 is 0. The second-order valence-corrected chi connectivity index (χ2v) is 7.44. The largest absolute Gasteiger partial charge is 0.467 e. The second kappa shape index (κ2) is 8.27. The van der Waals surface area contributed by atoms with Crippen molar-refractivity contribution in [1.82, 2.24) is 19.4 Å². The number of benzene rings is 1. The van der Waals surface area contributed by atoms with Crippen LogP contribution in [-0.4, -0.2) is 45.0 Å². The molecule has 10 nitrogen and oxygen atoms in total. The molecule has 0 aliphatic carbocycles. The zero-order valence-corrected chi connectivity index (χ0v) is 17.8. The second-order valence-electron chi connectivity index (χ2n) is 7.44. The van der Waals surface area contributed by atoms with Crippen molar-refractivity contribution in [3.8, 4) is 6.01 Å². The van der Waals surface area contributed by atoms with E-state index < -0.39 is 11.7 Å². The third-order valence-corrected chi connectivity index (χ3v) is 4.92. The Labute approximate surface area is 182 Å². The average Bonchev–Trinajstić information content (AvgIpc) is 3.05. The number of amides is 1. The van der Waals surface area contributed by atoms with Gasteiger partial charge in [-0.05, 0) is 26.0 Å². The van der Waals surface area contributed by atoms with Gasteiger partial charge in [0.1, 0.15) is 5.82 Å². The van der Waals surface area contributed by atoms with Gasteiger partial charge in [0.05, 0.1) is 29.6 Å². The summed E-state index contributed by atoms with van der Waals surface area (Å²) in [6.07, 6.45) is 3.09. The van der Waals surface area contributed by atoms with Crippen molar-refractivity contribution >= 4 is 39.6 Å². The highest BCUT2D eigenvalue weighted by atomic mass is 19.1. The summed E-state index contributed by atoms with van der Waals surface area (Å²) in [7, 11) is 1.44. The first-order chi connectivity index (χ1) is 15.3. The number of nitrogen functional groups attached to an aromatic ring is 1. The molecule has 1 atom stereocenters. The minimum absolute atomic E-state index is 0.0729. The number of ether oxygens (including phenoxy) is 1. The van der Waals surface area contributed by atoms with Crippen LogP contribution < -0.4 is 26.8 Å². The number of carbonyl (C=O) groups excluding carboxylic acids is 1. The number of nitrogens with two attached hydrogens (primary N) is 2. The number of fused-ring (bicyclic) bond motifs is 2. The summed E-state index contributed by atoms with van der Waals surface area (Å²) in [4.78, 5) is 25.7. The number of rotatable bonds is 6. The Morgan fingerprint density at radius 1 is 1.34 bits per heavy atom. The van der Waals surface area contributed by atoms with Gasteiger partial charge in [0.25, 0.3) is 5.91 Å². The van der Waals surface area contributed by atoms with Crippen LogP contribution in [0.1, 0.15) is 23.0 Å². The van der Waals surface area contributed by atoms with Gasteiger partial charge >= 0.3 is 6.01 Å². The first-order valence-electron chi connectivity index (χ1n) is 9.86. The zero-order valence-electron chi connectivity index (χ0n) is 17.8. The molecular formula is C21H23FN8O2. The molecule has 0 radical (unpaired) electrons. The summed E-state index contributed by atoms with van der Waals surface area (Å²) in [5.41, 5.74) is 14.0.